The van der Waals surface area contributed by atoms with Crippen molar-refractivity contribution in [3.63, 3.8) is 0 Å². The molecule has 0 aliphatic carbocycles. The summed E-state index contributed by atoms with van der Waals surface area (Å²) in [6.07, 6.45) is -0.106. The number of aromatic hydroxyl groups is 5. The average molecular weight is 305 g/mol. The molecule has 0 saturated heterocycles. The zero-order valence-corrected chi connectivity index (χ0v) is 11.4. The second-order valence-electron chi connectivity index (χ2n) is 4.76. The van der Waals surface area contributed by atoms with Gasteiger partial charge in [-0.1, -0.05) is 6.07 Å². The van der Waals surface area contributed by atoms with Crippen LogP contribution in [0.3, 0.4) is 0 Å². The summed E-state index contributed by atoms with van der Waals surface area (Å²) in [5.74, 6) is -2.55. The highest BCUT2D eigenvalue weighted by atomic mass is 16.3. The van der Waals surface area contributed by atoms with Gasteiger partial charge in [0.15, 0.2) is 28.7 Å². The Hall–Kier alpha value is -3.09. The highest BCUT2D eigenvalue weighted by Gasteiger charge is 2.11. The van der Waals surface area contributed by atoms with Gasteiger partial charge in [-0.25, -0.2) is 0 Å². The standard InChI is InChI=1S/C15H15NO6/c17-10-2-1-8(3-11(10)18)7-16-14(21)6-9-4-12(19)15(22)13(20)5-9/h1-5,17-20,22H,6-7H2,(H,16,21). The Morgan fingerprint density at radius 1 is 0.818 bits per heavy atom. The fraction of sp³-hybridized carbons (Fsp3) is 0.133. The summed E-state index contributed by atoms with van der Waals surface area (Å²) in [7, 11) is 0. The Morgan fingerprint density at radius 2 is 1.41 bits per heavy atom. The fourth-order valence-corrected chi connectivity index (χ4v) is 1.89. The lowest BCUT2D eigenvalue weighted by Crippen LogP contribution is -2.24. The third-order valence-electron chi connectivity index (χ3n) is 3.02. The van der Waals surface area contributed by atoms with Gasteiger partial charge < -0.3 is 30.8 Å². The van der Waals surface area contributed by atoms with E-state index in [1.165, 1.54) is 24.3 Å². The minimum Gasteiger partial charge on any atom is -0.504 e. The summed E-state index contributed by atoms with van der Waals surface area (Å²) < 4.78 is 0. The maximum atomic E-state index is 11.8. The lowest BCUT2D eigenvalue weighted by atomic mass is 10.1. The maximum Gasteiger partial charge on any atom is 0.224 e. The lowest BCUT2D eigenvalue weighted by molar-refractivity contribution is -0.120. The predicted molar refractivity (Wildman–Crippen MR) is 76.8 cm³/mol. The van der Waals surface area contributed by atoms with Crippen molar-refractivity contribution in [2.45, 2.75) is 13.0 Å². The Labute approximate surface area is 125 Å². The number of benzene rings is 2. The first-order valence-corrected chi connectivity index (χ1v) is 6.38. The highest BCUT2D eigenvalue weighted by molar-refractivity contribution is 5.79. The van der Waals surface area contributed by atoms with Gasteiger partial charge in [0.25, 0.3) is 0 Å². The average Bonchev–Trinajstić information content (AvgIpc) is 2.46. The fourth-order valence-electron chi connectivity index (χ4n) is 1.89. The summed E-state index contributed by atoms with van der Waals surface area (Å²) in [6.45, 7) is 0.142. The minimum absolute atomic E-state index is 0.106. The van der Waals surface area contributed by atoms with Gasteiger partial charge in [0.2, 0.25) is 5.91 Å². The molecule has 2 rings (SSSR count). The summed E-state index contributed by atoms with van der Waals surface area (Å²) in [4.78, 5) is 11.8. The Kier molecular flexibility index (Phi) is 4.26. The first-order chi connectivity index (χ1) is 10.4. The second-order valence-corrected chi connectivity index (χ2v) is 4.76. The van der Waals surface area contributed by atoms with Gasteiger partial charge in [0, 0.05) is 6.54 Å². The summed E-state index contributed by atoms with van der Waals surface area (Å²) in [6, 6.07) is 6.55. The molecule has 0 saturated carbocycles. The van der Waals surface area contributed by atoms with Crippen molar-refractivity contribution in [2.24, 2.45) is 0 Å². The van der Waals surface area contributed by atoms with E-state index in [0.717, 1.165) is 0 Å². The topological polar surface area (TPSA) is 130 Å². The van der Waals surface area contributed by atoms with Crippen molar-refractivity contribution in [3.05, 3.63) is 41.5 Å². The molecule has 0 radical (unpaired) electrons. The summed E-state index contributed by atoms with van der Waals surface area (Å²) >= 11 is 0. The van der Waals surface area contributed by atoms with Crippen molar-refractivity contribution in [1.82, 2.24) is 5.32 Å². The number of nitrogens with one attached hydrogen (secondary N) is 1. The monoisotopic (exact) mass is 305 g/mol. The molecule has 7 nitrogen and oxygen atoms in total. The molecule has 7 heteroatoms. The molecule has 2 aromatic carbocycles. The Balaban J connectivity index is 1.97. The van der Waals surface area contributed by atoms with E-state index >= 15 is 0 Å². The van der Waals surface area contributed by atoms with Gasteiger partial charge in [-0.2, -0.15) is 0 Å². The van der Waals surface area contributed by atoms with Crippen LogP contribution in [0.1, 0.15) is 11.1 Å². The van der Waals surface area contributed by atoms with E-state index in [-0.39, 0.29) is 30.4 Å². The van der Waals surface area contributed by atoms with Gasteiger partial charge in [0.1, 0.15) is 0 Å². The van der Waals surface area contributed by atoms with Gasteiger partial charge in [-0.15, -0.1) is 0 Å². The largest absolute Gasteiger partial charge is 0.504 e. The first-order valence-electron chi connectivity index (χ1n) is 6.38. The Morgan fingerprint density at radius 3 is 2.00 bits per heavy atom. The molecule has 0 unspecified atom stereocenters. The highest BCUT2D eigenvalue weighted by Crippen LogP contribution is 2.35. The number of hydrogen-bond donors (Lipinski definition) is 6. The second kappa shape index (κ2) is 6.13. The van der Waals surface area contributed by atoms with Crippen LogP contribution in [0.15, 0.2) is 30.3 Å². The molecule has 6 N–H and O–H groups in total. The molecule has 22 heavy (non-hydrogen) atoms. The molecular formula is C15H15NO6. The normalized spacial score (nSPS) is 10.4. The summed E-state index contributed by atoms with van der Waals surface area (Å²) in [5, 5.41) is 49.1. The molecule has 0 spiro atoms. The molecule has 116 valence electrons. The molecule has 0 fully saturated rings. The maximum absolute atomic E-state index is 11.8. The van der Waals surface area contributed by atoms with Crippen molar-refractivity contribution in [1.29, 1.82) is 0 Å². The van der Waals surface area contributed by atoms with E-state index in [9.17, 15) is 30.3 Å². The predicted octanol–water partition coefficient (Wildman–Crippen LogP) is 1.07. The van der Waals surface area contributed by atoms with Crippen molar-refractivity contribution in [3.8, 4) is 28.7 Å². The van der Waals surface area contributed by atoms with Crippen LogP contribution in [-0.4, -0.2) is 31.4 Å². The van der Waals surface area contributed by atoms with Gasteiger partial charge in [-0.3, -0.25) is 4.79 Å². The van der Waals surface area contributed by atoms with Crippen molar-refractivity contribution in [2.75, 3.05) is 0 Å². The first kappa shape index (κ1) is 15.3. The molecule has 0 aliphatic heterocycles. The number of carbonyl (C=O) groups is 1. The molecule has 0 bridgehead atoms. The number of phenols is 5. The molecule has 0 atom stereocenters. The molecule has 0 heterocycles. The molecule has 1 amide bonds. The number of carbonyl (C=O) groups excluding carboxylic acids is 1. The van der Waals surface area contributed by atoms with Crippen LogP contribution in [-0.2, 0) is 17.8 Å². The van der Waals surface area contributed by atoms with Crippen LogP contribution in [0.25, 0.3) is 0 Å². The summed E-state index contributed by atoms with van der Waals surface area (Å²) in [5.41, 5.74) is 0.930. The molecule has 2 aromatic rings. The van der Waals surface area contributed by atoms with Crippen LogP contribution in [0.4, 0.5) is 0 Å². The molecule has 0 aromatic heterocycles. The van der Waals surface area contributed by atoms with E-state index < -0.39 is 17.2 Å². The third-order valence-corrected chi connectivity index (χ3v) is 3.02. The van der Waals surface area contributed by atoms with E-state index in [1.807, 2.05) is 0 Å². The van der Waals surface area contributed by atoms with Crippen LogP contribution in [0, 0.1) is 0 Å². The van der Waals surface area contributed by atoms with Crippen LogP contribution < -0.4 is 5.32 Å². The van der Waals surface area contributed by atoms with E-state index in [1.54, 1.807) is 6.07 Å². The van der Waals surface area contributed by atoms with Crippen LogP contribution >= 0.6 is 0 Å². The smallest absolute Gasteiger partial charge is 0.224 e. The molecule has 0 aliphatic rings. The van der Waals surface area contributed by atoms with Crippen molar-refractivity contribution < 1.29 is 30.3 Å². The number of rotatable bonds is 4. The SMILES string of the molecule is O=C(Cc1cc(O)c(O)c(O)c1)NCc1ccc(O)c(O)c1. The van der Waals surface area contributed by atoms with Gasteiger partial charge in [0.05, 0.1) is 6.42 Å². The third kappa shape index (κ3) is 3.51. The molecular weight excluding hydrogens is 290 g/mol. The number of amides is 1. The van der Waals surface area contributed by atoms with Crippen LogP contribution in [0.5, 0.6) is 28.7 Å². The van der Waals surface area contributed by atoms with Crippen molar-refractivity contribution >= 4 is 5.91 Å². The minimum atomic E-state index is -0.635. The number of hydrogen-bond acceptors (Lipinski definition) is 6. The number of phenolic OH excluding ortho intramolecular Hbond substituents is 5. The van der Waals surface area contributed by atoms with Gasteiger partial charge in [-0.05, 0) is 35.4 Å². The zero-order valence-electron chi connectivity index (χ0n) is 11.4. The van der Waals surface area contributed by atoms with E-state index in [2.05, 4.69) is 5.32 Å². The van der Waals surface area contributed by atoms with E-state index in [4.69, 9.17) is 0 Å². The zero-order chi connectivity index (χ0) is 16.3. The van der Waals surface area contributed by atoms with E-state index in [0.29, 0.717) is 11.1 Å². The van der Waals surface area contributed by atoms with Crippen LogP contribution in [0.2, 0.25) is 0 Å². The quantitative estimate of drug-likeness (QED) is 0.469. The Bertz CT molecular complexity index is 690. The lowest BCUT2D eigenvalue weighted by Gasteiger charge is -2.08. The van der Waals surface area contributed by atoms with Gasteiger partial charge >= 0.3 is 0 Å².